The highest BCUT2D eigenvalue weighted by Crippen LogP contribution is 2.12. The molecule has 0 radical (unpaired) electrons. The standard InChI is InChI=1S/C16H32O2Si/c1-5-6-7-8-9-10-11-12-13-14-15-16(17)18-19(2,3)4/h5H,1,6-15H2,2-4H3. The van der Waals surface area contributed by atoms with Crippen molar-refractivity contribution in [1.29, 1.82) is 0 Å². The minimum Gasteiger partial charge on any atom is -0.520 e. The molecule has 0 aromatic carbocycles. The lowest BCUT2D eigenvalue weighted by molar-refractivity contribution is -0.135. The SMILES string of the molecule is C=CCCCCCCCCCCC(=O)O[Si](C)(C)C. The Bertz CT molecular complexity index is 244. The molecule has 0 aromatic heterocycles. The summed E-state index contributed by atoms with van der Waals surface area (Å²) in [5, 5.41) is 0. The molecular weight excluding hydrogens is 252 g/mol. The van der Waals surface area contributed by atoms with E-state index in [2.05, 4.69) is 26.2 Å². The normalized spacial score (nSPS) is 11.3. The molecule has 2 nitrogen and oxygen atoms in total. The molecule has 0 bridgehead atoms. The molecule has 0 saturated heterocycles. The number of rotatable bonds is 12. The largest absolute Gasteiger partial charge is 0.520 e. The van der Waals surface area contributed by atoms with Gasteiger partial charge in [0.05, 0.1) is 0 Å². The van der Waals surface area contributed by atoms with E-state index in [1.165, 1.54) is 38.5 Å². The first-order chi connectivity index (χ1) is 8.95. The first-order valence-electron chi connectivity index (χ1n) is 7.78. The van der Waals surface area contributed by atoms with Gasteiger partial charge in [-0.3, -0.25) is 4.79 Å². The van der Waals surface area contributed by atoms with Crippen LogP contribution in [-0.4, -0.2) is 14.3 Å². The molecule has 19 heavy (non-hydrogen) atoms. The number of carbonyl (C=O) groups is 1. The van der Waals surface area contributed by atoms with Crippen LogP contribution in [0.1, 0.15) is 64.2 Å². The number of hydrogen-bond donors (Lipinski definition) is 0. The van der Waals surface area contributed by atoms with Gasteiger partial charge in [0, 0.05) is 6.42 Å². The third-order valence-corrected chi connectivity index (χ3v) is 3.80. The maximum atomic E-state index is 11.5. The zero-order chi connectivity index (χ0) is 14.6. The highest BCUT2D eigenvalue weighted by atomic mass is 28.4. The van der Waals surface area contributed by atoms with Crippen LogP contribution >= 0.6 is 0 Å². The molecule has 0 saturated carbocycles. The molecule has 0 rings (SSSR count). The Morgan fingerprint density at radius 1 is 0.947 bits per heavy atom. The zero-order valence-corrected chi connectivity index (χ0v) is 14.2. The molecular formula is C16H32O2Si. The van der Waals surface area contributed by atoms with E-state index in [4.69, 9.17) is 4.43 Å². The molecule has 0 aromatic rings. The maximum absolute atomic E-state index is 11.5. The van der Waals surface area contributed by atoms with Crippen LogP contribution in [-0.2, 0) is 9.22 Å². The van der Waals surface area contributed by atoms with Crippen molar-refractivity contribution in [3.05, 3.63) is 12.7 Å². The van der Waals surface area contributed by atoms with Crippen molar-refractivity contribution in [3.63, 3.8) is 0 Å². The average Bonchev–Trinajstić information content (AvgIpc) is 2.29. The van der Waals surface area contributed by atoms with Gasteiger partial charge in [-0.15, -0.1) is 6.58 Å². The van der Waals surface area contributed by atoms with Crippen molar-refractivity contribution in [1.82, 2.24) is 0 Å². The first-order valence-corrected chi connectivity index (χ1v) is 11.2. The fraction of sp³-hybridized carbons (Fsp3) is 0.812. The van der Waals surface area contributed by atoms with E-state index in [1.807, 2.05) is 6.08 Å². The predicted molar refractivity (Wildman–Crippen MR) is 85.8 cm³/mol. The lowest BCUT2D eigenvalue weighted by Crippen LogP contribution is -2.28. The lowest BCUT2D eigenvalue weighted by atomic mass is 10.1. The van der Waals surface area contributed by atoms with Crippen molar-refractivity contribution in [2.45, 2.75) is 83.8 Å². The van der Waals surface area contributed by atoms with Gasteiger partial charge in [-0.1, -0.05) is 44.6 Å². The number of carbonyl (C=O) groups excluding carboxylic acids is 1. The second-order valence-electron chi connectivity index (χ2n) is 6.24. The third kappa shape index (κ3) is 15.4. The van der Waals surface area contributed by atoms with Crippen molar-refractivity contribution in [3.8, 4) is 0 Å². The molecule has 0 fully saturated rings. The number of unbranched alkanes of at least 4 members (excludes halogenated alkanes) is 8. The van der Waals surface area contributed by atoms with E-state index in [0.29, 0.717) is 6.42 Å². The summed E-state index contributed by atoms with van der Waals surface area (Å²) in [4.78, 5) is 11.5. The molecule has 0 aliphatic heterocycles. The Labute approximate surface area is 120 Å². The van der Waals surface area contributed by atoms with Crippen LogP contribution in [0.25, 0.3) is 0 Å². The summed E-state index contributed by atoms with van der Waals surface area (Å²) in [5.74, 6) is 0.00333. The molecule has 0 aliphatic carbocycles. The minimum absolute atomic E-state index is 0.00333. The smallest absolute Gasteiger partial charge is 0.292 e. The molecule has 3 heteroatoms. The predicted octanol–water partition coefficient (Wildman–Crippen LogP) is 5.45. The molecule has 0 spiro atoms. The molecule has 0 heterocycles. The lowest BCUT2D eigenvalue weighted by Gasteiger charge is -2.17. The maximum Gasteiger partial charge on any atom is 0.292 e. The van der Waals surface area contributed by atoms with E-state index >= 15 is 0 Å². The Hall–Kier alpha value is -0.573. The van der Waals surface area contributed by atoms with Gasteiger partial charge >= 0.3 is 0 Å². The topological polar surface area (TPSA) is 26.3 Å². The van der Waals surface area contributed by atoms with E-state index in [1.54, 1.807) is 0 Å². The zero-order valence-electron chi connectivity index (χ0n) is 13.2. The highest BCUT2D eigenvalue weighted by Gasteiger charge is 2.19. The minimum atomic E-state index is -1.67. The Balaban J connectivity index is 3.23. The van der Waals surface area contributed by atoms with Gasteiger partial charge in [0.1, 0.15) is 0 Å². The fourth-order valence-electron chi connectivity index (χ4n) is 2.01. The molecule has 0 atom stereocenters. The fourth-order valence-corrected chi connectivity index (χ4v) is 2.80. The average molecular weight is 285 g/mol. The van der Waals surface area contributed by atoms with Crippen molar-refractivity contribution in [2.24, 2.45) is 0 Å². The summed E-state index contributed by atoms with van der Waals surface area (Å²) in [7, 11) is -1.67. The van der Waals surface area contributed by atoms with E-state index < -0.39 is 8.32 Å². The van der Waals surface area contributed by atoms with E-state index in [0.717, 1.165) is 19.3 Å². The van der Waals surface area contributed by atoms with Crippen LogP contribution in [0.15, 0.2) is 12.7 Å². The quantitative estimate of drug-likeness (QED) is 0.270. The summed E-state index contributed by atoms with van der Waals surface area (Å²) in [5.41, 5.74) is 0. The van der Waals surface area contributed by atoms with Crippen LogP contribution in [0.5, 0.6) is 0 Å². The Morgan fingerprint density at radius 3 is 1.89 bits per heavy atom. The van der Waals surface area contributed by atoms with Gasteiger partial charge in [0.25, 0.3) is 5.97 Å². The van der Waals surface area contributed by atoms with Crippen LogP contribution in [0, 0.1) is 0 Å². The number of allylic oxidation sites excluding steroid dienone is 1. The van der Waals surface area contributed by atoms with Gasteiger partial charge in [0.2, 0.25) is 8.32 Å². The molecule has 0 amide bonds. The molecule has 112 valence electrons. The van der Waals surface area contributed by atoms with Crippen LogP contribution in [0.4, 0.5) is 0 Å². The Morgan fingerprint density at radius 2 is 1.42 bits per heavy atom. The molecule has 0 aliphatic rings. The summed E-state index contributed by atoms with van der Waals surface area (Å²) in [6.45, 7) is 9.89. The Kier molecular flexibility index (Phi) is 10.9. The first kappa shape index (κ1) is 18.4. The second-order valence-corrected chi connectivity index (χ2v) is 10.7. The van der Waals surface area contributed by atoms with Gasteiger partial charge in [-0.05, 0) is 38.9 Å². The summed E-state index contributed by atoms with van der Waals surface area (Å²) < 4.78 is 5.41. The van der Waals surface area contributed by atoms with Crippen molar-refractivity contribution < 1.29 is 9.22 Å². The van der Waals surface area contributed by atoms with Crippen LogP contribution < -0.4 is 0 Å². The van der Waals surface area contributed by atoms with Gasteiger partial charge in [0.15, 0.2) is 0 Å². The monoisotopic (exact) mass is 284 g/mol. The van der Waals surface area contributed by atoms with Gasteiger partial charge in [-0.25, -0.2) is 0 Å². The molecule has 0 N–H and O–H groups in total. The summed E-state index contributed by atoms with van der Waals surface area (Å²) >= 11 is 0. The van der Waals surface area contributed by atoms with Crippen molar-refractivity contribution >= 4 is 14.3 Å². The molecule has 0 unspecified atom stereocenters. The van der Waals surface area contributed by atoms with Crippen LogP contribution in [0.2, 0.25) is 19.6 Å². The summed E-state index contributed by atoms with van der Waals surface area (Å²) in [6, 6.07) is 0. The third-order valence-electron chi connectivity index (χ3n) is 2.96. The van der Waals surface area contributed by atoms with E-state index in [9.17, 15) is 4.79 Å². The van der Waals surface area contributed by atoms with E-state index in [-0.39, 0.29) is 5.97 Å². The van der Waals surface area contributed by atoms with Gasteiger partial charge in [-0.2, -0.15) is 0 Å². The van der Waals surface area contributed by atoms with Crippen LogP contribution in [0.3, 0.4) is 0 Å². The highest BCUT2D eigenvalue weighted by molar-refractivity contribution is 6.71. The number of hydrogen-bond acceptors (Lipinski definition) is 2. The van der Waals surface area contributed by atoms with Crippen molar-refractivity contribution in [2.75, 3.05) is 0 Å². The second kappa shape index (κ2) is 11.3. The summed E-state index contributed by atoms with van der Waals surface area (Å²) in [6.07, 6.45) is 13.7. The van der Waals surface area contributed by atoms with Gasteiger partial charge < -0.3 is 4.43 Å².